The molecule has 0 N–H and O–H groups in total. The zero-order valence-electron chi connectivity index (χ0n) is 16.5. The Balaban J connectivity index is 1.68. The molecule has 0 aliphatic heterocycles. The van der Waals surface area contributed by atoms with E-state index in [-0.39, 0.29) is 11.1 Å². The van der Waals surface area contributed by atoms with Gasteiger partial charge in [-0.25, -0.2) is 14.5 Å². The SMILES string of the molecule is CC(C)(C)[C@@H]1CCc2c(sc3ncn4nc(-c5ccccc5[N+](=O)[O-])nc4c23)C1. The molecule has 29 heavy (non-hydrogen) atoms. The third-order valence-electron chi connectivity index (χ3n) is 5.95. The van der Waals surface area contributed by atoms with E-state index in [2.05, 4.69) is 30.9 Å². The van der Waals surface area contributed by atoms with Crippen molar-refractivity contribution in [3.05, 3.63) is 51.1 Å². The Labute approximate surface area is 171 Å². The van der Waals surface area contributed by atoms with E-state index in [4.69, 9.17) is 4.98 Å². The Morgan fingerprint density at radius 2 is 2.07 bits per heavy atom. The summed E-state index contributed by atoms with van der Waals surface area (Å²) in [5.74, 6) is 1.01. The standard InChI is InChI=1S/C21H21N5O2S/c1-21(2,3)12-8-9-14-16(10-12)29-20-17(14)19-23-18(24-25(19)11-22-20)13-6-4-5-7-15(13)26(27)28/h4-7,11-12H,8-10H2,1-3H3/t12-/m1/s1. The zero-order valence-corrected chi connectivity index (χ0v) is 17.4. The fraction of sp³-hybridized carbons (Fsp3) is 0.381. The quantitative estimate of drug-likeness (QED) is 0.342. The lowest BCUT2D eigenvalue weighted by atomic mass is 9.72. The molecule has 1 atom stereocenters. The van der Waals surface area contributed by atoms with Crippen LogP contribution in [-0.2, 0) is 12.8 Å². The Morgan fingerprint density at radius 3 is 2.83 bits per heavy atom. The topological polar surface area (TPSA) is 86.2 Å². The first-order valence-corrected chi connectivity index (χ1v) is 10.5. The van der Waals surface area contributed by atoms with Gasteiger partial charge in [0.1, 0.15) is 11.2 Å². The normalized spacial score (nSPS) is 17.0. The fourth-order valence-electron chi connectivity index (χ4n) is 4.25. The maximum atomic E-state index is 11.4. The summed E-state index contributed by atoms with van der Waals surface area (Å²) >= 11 is 1.75. The van der Waals surface area contributed by atoms with Gasteiger partial charge < -0.3 is 0 Å². The molecule has 0 saturated carbocycles. The average molecular weight is 407 g/mol. The second kappa shape index (κ2) is 6.32. The van der Waals surface area contributed by atoms with Crippen molar-refractivity contribution in [1.82, 2.24) is 19.6 Å². The molecule has 0 bridgehead atoms. The van der Waals surface area contributed by atoms with Gasteiger partial charge in [-0.05, 0) is 42.2 Å². The number of nitro benzene ring substituents is 1. The van der Waals surface area contributed by atoms with Crippen molar-refractivity contribution in [1.29, 1.82) is 0 Å². The van der Waals surface area contributed by atoms with Crippen molar-refractivity contribution in [2.24, 2.45) is 11.3 Å². The fourth-order valence-corrected chi connectivity index (χ4v) is 5.51. The van der Waals surface area contributed by atoms with E-state index >= 15 is 0 Å². The summed E-state index contributed by atoms with van der Waals surface area (Å²) in [6.07, 6.45) is 4.88. The van der Waals surface area contributed by atoms with Crippen molar-refractivity contribution in [2.75, 3.05) is 0 Å². The highest BCUT2D eigenvalue weighted by molar-refractivity contribution is 7.19. The molecule has 1 aromatic carbocycles. The molecule has 148 valence electrons. The first-order valence-electron chi connectivity index (χ1n) is 9.72. The Hall–Kier alpha value is -2.87. The maximum Gasteiger partial charge on any atom is 0.280 e. The van der Waals surface area contributed by atoms with Crippen molar-refractivity contribution in [3.63, 3.8) is 0 Å². The van der Waals surface area contributed by atoms with E-state index in [1.807, 2.05) is 0 Å². The highest BCUT2D eigenvalue weighted by Gasteiger charge is 2.32. The van der Waals surface area contributed by atoms with Crippen molar-refractivity contribution >= 4 is 32.9 Å². The van der Waals surface area contributed by atoms with Gasteiger partial charge in [0.15, 0.2) is 11.5 Å². The number of nitrogens with zero attached hydrogens (tertiary/aromatic N) is 5. The van der Waals surface area contributed by atoms with Crippen LogP contribution in [0.25, 0.3) is 27.3 Å². The van der Waals surface area contributed by atoms with Gasteiger partial charge in [0.25, 0.3) is 5.69 Å². The van der Waals surface area contributed by atoms with Crippen LogP contribution in [0.5, 0.6) is 0 Å². The number of aryl methyl sites for hydroxylation is 1. The minimum atomic E-state index is -0.395. The van der Waals surface area contributed by atoms with Gasteiger partial charge >= 0.3 is 0 Å². The van der Waals surface area contributed by atoms with Crippen LogP contribution >= 0.6 is 11.3 Å². The molecular weight excluding hydrogens is 386 g/mol. The molecule has 0 spiro atoms. The molecule has 0 radical (unpaired) electrons. The van der Waals surface area contributed by atoms with Crippen LogP contribution in [0.2, 0.25) is 0 Å². The molecule has 3 heterocycles. The number of fused-ring (bicyclic) bond motifs is 5. The summed E-state index contributed by atoms with van der Waals surface area (Å²) in [7, 11) is 0. The predicted octanol–water partition coefficient (Wildman–Crippen LogP) is 5.07. The molecular formula is C21H21N5O2S. The Bertz CT molecular complexity index is 1270. The molecule has 7 nitrogen and oxygen atoms in total. The number of thiophene rings is 1. The predicted molar refractivity (Wildman–Crippen MR) is 113 cm³/mol. The summed E-state index contributed by atoms with van der Waals surface area (Å²) in [6, 6.07) is 6.58. The molecule has 0 saturated heterocycles. The van der Waals surface area contributed by atoms with Gasteiger partial charge in [-0.2, -0.15) is 0 Å². The van der Waals surface area contributed by atoms with E-state index in [0.717, 1.165) is 35.1 Å². The Morgan fingerprint density at radius 1 is 1.28 bits per heavy atom. The number of rotatable bonds is 2. The lowest BCUT2D eigenvalue weighted by Crippen LogP contribution is -2.26. The van der Waals surface area contributed by atoms with Crippen LogP contribution in [0.15, 0.2) is 30.6 Å². The van der Waals surface area contributed by atoms with Gasteiger partial charge in [0.05, 0.1) is 15.9 Å². The van der Waals surface area contributed by atoms with Crippen LogP contribution in [0, 0.1) is 21.4 Å². The molecule has 8 heteroatoms. The number of hydrogen-bond acceptors (Lipinski definition) is 6. The lowest BCUT2D eigenvalue weighted by molar-refractivity contribution is -0.384. The monoisotopic (exact) mass is 407 g/mol. The van der Waals surface area contributed by atoms with Gasteiger partial charge in [0.2, 0.25) is 0 Å². The number of aromatic nitrogens is 4. The van der Waals surface area contributed by atoms with E-state index in [0.29, 0.717) is 17.3 Å². The van der Waals surface area contributed by atoms with E-state index in [1.165, 1.54) is 16.5 Å². The third-order valence-corrected chi connectivity index (χ3v) is 7.11. The molecule has 5 rings (SSSR count). The van der Waals surface area contributed by atoms with E-state index in [1.54, 1.807) is 40.4 Å². The Kier molecular flexibility index (Phi) is 3.96. The minimum Gasteiger partial charge on any atom is -0.258 e. The average Bonchev–Trinajstić information content (AvgIpc) is 3.27. The smallest absolute Gasteiger partial charge is 0.258 e. The van der Waals surface area contributed by atoms with E-state index in [9.17, 15) is 10.1 Å². The maximum absolute atomic E-state index is 11.4. The summed E-state index contributed by atoms with van der Waals surface area (Å²) < 4.78 is 1.65. The second-order valence-electron chi connectivity index (χ2n) is 8.71. The number of nitro groups is 1. The van der Waals surface area contributed by atoms with Crippen LogP contribution in [0.4, 0.5) is 5.69 Å². The van der Waals surface area contributed by atoms with Gasteiger partial charge in [0, 0.05) is 10.9 Å². The first-order chi connectivity index (χ1) is 13.8. The van der Waals surface area contributed by atoms with Crippen molar-refractivity contribution in [3.8, 4) is 11.4 Å². The van der Waals surface area contributed by atoms with Gasteiger partial charge in [-0.3, -0.25) is 10.1 Å². The largest absolute Gasteiger partial charge is 0.280 e. The molecule has 0 fully saturated rings. The summed E-state index contributed by atoms with van der Waals surface area (Å²) in [5, 5.41) is 17.0. The summed E-state index contributed by atoms with van der Waals surface area (Å²) in [6.45, 7) is 6.93. The molecule has 4 aromatic rings. The van der Waals surface area contributed by atoms with Crippen LogP contribution in [-0.4, -0.2) is 24.5 Å². The summed E-state index contributed by atoms with van der Waals surface area (Å²) in [4.78, 5) is 22.7. The van der Waals surface area contributed by atoms with Crippen molar-refractivity contribution < 1.29 is 4.92 Å². The van der Waals surface area contributed by atoms with Crippen molar-refractivity contribution in [2.45, 2.75) is 40.0 Å². The van der Waals surface area contributed by atoms with Gasteiger partial charge in [-0.1, -0.05) is 32.9 Å². The second-order valence-corrected chi connectivity index (χ2v) is 9.80. The first kappa shape index (κ1) is 18.2. The van der Waals surface area contributed by atoms with Crippen LogP contribution < -0.4 is 0 Å². The third kappa shape index (κ3) is 2.90. The molecule has 0 unspecified atom stereocenters. The highest BCUT2D eigenvalue weighted by atomic mass is 32.1. The van der Waals surface area contributed by atoms with Crippen LogP contribution in [0.1, 0.15) is 37.6 Å². The highest BCUT2D eigenvalue weighted by Crippen LogP contribution is 2.43. The molecule has 1 aliphatic rings. The zero-order chi connectivity index (χ0) is 20.3. The van der Waals surface area contributed by atoms with Crippen LogP contribution in [0.3, 0.4) is 0 Å². The number of benzene rings is 1. The number of hydrogen-bond donors (Lipinski definition) is 0. The minimum absolute atomic E-state index is 0.00738. The molecule has 0 amide bonds. The van der Waals surface area contributed by atoms with E-state index < -0.39 is 4.92 Å². The van der Waals surface area contributed by atoms with Gasteiger partial charge in [-0.15, -0.1) is 16.4 Å². The molecule has 3 aromatic heterocycles. The summed E-state index contributed by atoms with van der Waals surface area (Å²) in [5.41, 5.74) is 2.77. The number of para-hydroxylation sites is 1. The molecule has 1 aliphatic carbocycles. The lowest BCUT2D eigenvalue weighted by Gasteiger charge is -2.33.